The zero-order chi connectivity index (χ0) is 10.9. The summed E-state index contributed by atoms with van der Waals surface area (Å²) in [4.78, 5) is 21.2. The highest BCUT2D eigenvalue weighted by atomic mass is 79.9. The van der Waals surface area contributed by atoms with E-state index in [1.807, 2.05) is 0 Å². The average molecular weight is 265 g/mol. The largest absolute Gasteiger partial charge is 0.475 e. The van der Waals surface area contributed by atoms with Crippen LogP contribution in [0.2, 0.25) is 0 Å². The Labute approximate surface area is 85.5 Å². The molecule has 74 valence electrons. The number of carbonyl (C=O) groups excluding carboxylic acids is 1. The van der Waals surface area contributed by atoms with Crippen molar-refractivity contribution in [2.45, 2.75) is 0 Å². The highest BCUT2D eigenvalue weighted by molar-refractivity contribution is 9.10. The fourth-order valence-electron chi connectivity index (χ4n) is 0.836. The summed E-state index contributed by atoms with van der Waals surface area (Å²) in [5.74, 6) is -5.16. The van der Waals surface area contributed by atoms with Gasteiger partial charge in [0.15, 0.2) is 0 Å². The number of carboxylic acids is 1. The van der Waals surface area contributed by atoms with Gasteiger partial charge in [0.25, 0.3) is 5.78 Å². The molecule has 0 aliphatic heterocycles. The fourth-order valence-corrected chi connectivity index (χ4v) is 1.25. The summed E-state index contributed by atoms with van der Waals surface area (Å²) in [7, 11) is 0. The Morgan fingerprint density at radius 3 is 2.36 bits per heavy atom. The number of hydrogen-bond donors (Lipinski definition) is 1. The van der Waals surface area contributed by atoms with Crippen LogP contribution in [-0.4, -0.2) is 16.9 Å². The monoisotopic (exact) mass is 264 g/mol. The van der Waals surface area contributed by atoms with Crippen LogP contribution in [0.1, 0.15) is 10.4 Å². The third-order valence-corrected chi connectivity index (χ3v) is 2.24. The Morgan fingerprint density at radius 2 is 1.86 bits per heavy atom. The molecular weight excluding hydrogens is 262 g/mol. The third kappa shape index (κ3) is 1.95. The number of carbonyl (C=O) groups is 2. The molecule has 0 fully saturated rings. The lowest BCUT2D eigenvalue weighted by atomic mass is 10.1. The molecule has 0 amide bonds. The molecule has 1 aromatic carbocycles. The van der Waals surface area contributed by atoms with Crippen molar-refractivity contribution >= 4 is 27.7 Å². The van der Waals surface area contributed by atoms with Crippen molar-refractivity contribution in [1.82, 2.24) is 0 Å². The Hall–Kier alpha value is -1.30. The van der Waals surface area contributed by atoms with E-state index >= 15 is 0 Å². The highest BCUT2D eigenvalue weighted by Crippen LogP contribution is 2.22. The summed E-state index contributed by atoms with van der Waals surface area (Å²) in [5, 5.41) is 8.33. The first-order valence-electron chi connectivity index (χ1n) is 3.35. The molecular formula is C8H3BrF2O3. The normalized spacial score (nSPS) is 9.93. The van der Waals surface area contributed by atoms with E-state index in [9.17, 15) is 18.4 Å². The standard InChI is InChI=1S/C8H3BrF2O3/c9-6-4(7(12)8(13)14)1-3(10)2-5(6)11/h1-2H,(H,13,14). The summed E-state index contributed by atoms with van der Waals surface area (Å²) in [6.07, 6.45) is 0. The number of benzene rings is 1. The van der Waals surface area contributed by atoms with E-state index in [0.29, 0.717) is 12.1 Å². The number of rotatable bonds is 2. The van der Waals surface area contributed by atoms with E-state index in [2.05, 4.69) is 15.9 Å². The molecule has 0 saturated heterocycles. The number of aliphatic carboxylic acids is 1. The van der Waals surface area contributed by atoms with Crippen LogP contribution in [0.25, 0.3) is 0 Å². The number of carboxylic acid groups (broad SMARTS) is 1. The van der Waals surface area contributed by atoms with Gasteiger partial charge in [-0.2, -0.15) is 0 Å². The molecule has 0 aliphatic rings. The lowest BCUT2D eigenvalue weighted by molar-refractivity contribution is -0.131. The molecule has 1 rings (SSSR count). The molecule has 0 aliphatic carbocycles. The smallest absolute Gasteiger partial charge is 0.377 e. The zero-order valence-corrected chi connectivity index (χ0v) is 8.14. The molecule has 0 radical (unpaired) electrons. The van der Waals surface area contributed by atoms with Gasteiger partial charge in [0, 0.05) is 11.6 Å². The Balaban J connectivity index is 3.34. The second-order valence-corrected chi connectivity index (χ2v) is 3.18. The van der Waals surface area contributed by atoms with Gasteiger partial charge in [-0.3, -0.25) is 4.79 Å². The molecule has 0 spiro atoms. The summed E-state index contributed by atoms with van der Waals surface area (Å²) in [6.45, 7) is 0. The Bertz CT molecular complexity index is 417. The van der Waals surface area contributed by atoms with Crippen molar-refractivity contribution in [3.05, 3.63) is 33.8 Å². The molecule has 1 N–H and O–H groups in total. The van der Waals surface area contributed by atoms with E-state index in [4.69, 9.17) is 5.11 Å². The van der Waals surface area contributed by atoms with Gasteiger partial charge in [-0.25, -0.2) is 13.6 Å². The summed E-state index contributed by atoms with van der Waals surface area (Å²) >= 11 is 2.66. The van der Waals surface area contributed by atoms with Crippen LogP contribution in [-0.2, 0) is 4.79 Å². The van der Waals surface area contributed by atoms with Gasteiger partial charge >= 0.3 is 5.97 Å². The molecule has 0 bridgehead atoms. The molecule has 0 aromatic heterocycles. The fraction of sp³-hybridized carbons (Fsp3) is 0. The van der Waals surface area contributed by atoms with Gasteiger partial charge in [-0.15, -0.1) is 0 Å². The average Bonchev–Trinajstić information content (AvgIpc) is 2.09. The summed E-state index contributed by atoms with van der Waals surface area (Å²) in [6, 6.07) is 1.20. The van der Waals surface area contributed by atoms with Crippen LogP contribution in [0, 0.1) is 11.6 Å². The maximum atomic E-state index is 12.8. The number of halogens is 3. The second kappa shape index (κ2) is 3.83. The van der Waals surface area contributed by atoms with Crippen LogP contribution in [0.15, 0.2) is 16.6 Å². The van der Waals surface area contributed by atoms with Crippen LogP contribution in [0.4, 0.5) is 8.78 Å². The SMILES string of the molecule is O=C(O)C(=O)c1cc(F)cc(F)c1Br. The maximum absolute atomic E-state index is 12.8. The molecule has 0 saturated carbocycles. The Kier molecular flexibility index (Phi) is 2.95. The van der Waals surface area contributed by atoms with Crippen molar-refractivity contribution in [1.29, 1.82) is 0 Å². The van der Waals surface area contributed by atoms with Gasteiger partial charge in [0.1, 0.15) is 11.6 Å². The molecule has 1 aromatic rings. The van der Waals surface area contributed by atoms with Gasteiger partial charge in [-0.1, -0.05) is 0 Å². The lowest BCUT2D eigenvalue weighted by Crippen LogP contribution is -2.14. The number of hydrogen-bond acceptors (Lipinski definition) is 2. The quantitative estimate of drug-likeness (QED) is 0.505. The number of Topliss-reactive ketones (excluding diaryl/α,β-unsaturated/α-hetero) is 1. The molecule has 14 heavy (non-hydrogen) atoms. The van der Waals surface area contributed by atoms with E-state index in [-0.39, 0.29) is 4.47 Å². The predicted molar refractivity (Wildman–Crippen MR) is 46.0 cm³/mol. The topological polar surface area (TPSA) is 54.4 Å². The van der Waals surface area contributed by atoms with Gasteiger partial charge in [0.05, 0.1) is 4.47 Å². The van der Waals surface area contributed by atoms with Gasteiger partial charge in [0.2, 0.25) is 0 Å². The molecule has 6 heteroatoms. The van der Waals surface area contributed by atoms with Crippen molar-refractivity contribution in [2.75, 3.05) is 0 Å². The maximum Gasteiger partial charge on any atom is 0.377 e. The molecule has 0 heterocycles. The van der Waals surface area contributed by atoms with Crippen molar-refractivity contribution < 1.29 is 23.5 Å². The van der Waals surface area contributed by atoms with Crippen molar-refractivity contribution in [3.63, 3.8) is 0 Å². The molecule has 0 atom stereocenters. The van der Waals surface area contributed by atoms with Crippen molar-refractivity contribution in [2.24, 2.45) is 0 Å². The van der Waals surface area contributed by atoms with Crippen LogP contribution in [0.5, 0.6) is 0 Å². The van der Waals surface area contributed by atoms with Crippen molar-refractivity contribution in [3.8, 4) is 0 Å². The summed E-state index contributed by atoms with van der Waals surface area (Å²) in [5.41, 5.74) is -0.546. The van der Waals surface area contributed by atoms with Gasteiger partial charge in [-0.05, 0) is 22.0 Å². The van der Waals surface area contributed by atoms with Crippen LogP contribution < -0.4 is 0 Å². The first-order chi connectivity index (χ1) is 6.43. The van der Waals surface area contributed by atoms with E-state index in [1.54, 1.807) is 0 Å². The van der Waals surface area contributed by atoms with Crippen LogP contribution in [0.3, 0.4) is 0 Å². The Morgan fingerprint density at radius 1 is 1.29 bits per heavy atom. The first-order valence-corrected chi connectivity index (χ1v) is 4.15. The molecule has 3 nitrogen and oxygen atoms in total. The minimum Gasteiger partial charge on any atom is -0.475 e. The van der Waals surface area contributed by atoms with E-state index < -0.39 is 29.0 Å². The first kappa shape index (κ1) is 10.8. The minimum atomic E-state index is -1.77. The molecule has 0 unspecified atom stereocenters. The van der Waals surface area contributed by atoms with Crippen LogP contribution >= 0.6 is 15.9 Å². The second-order valence-electron chi connectivity index (χ2n) is 2.38. The predicted octanol–water partition coefficient (Wildman–Crippen LogP) is 1.99. The minimum absolute atomic E-state index is 0.355. The third-order valence-electron chi connectivity index (χ3n) is 1.43. The zero-order valence-electron chi connectivity index (χ0n) is 6.55. The van der Waals surface area contributed by atoms with E-state index in [0.717, 1.165) is 0 Å². The number of ketones is 1. The van der Waals surface area contributed by atoms with E-state index in [1.165, 1.54) is 0 Å². The summed E-state index contributed by atoms with van der Waals surface area (Å²) < 4.78 is 25.1. The lowest BCUT2D eigenvalue weighted by Gasteiger charge is -2.01. The highest BCUT2D eigenvalue weighted by Gasteiger charge is 2.20. The van der Waals surface area contributed by atoms with Gasteiger partial charge < -0.3 is 5.11 Å².